The quantitative estimate of drug-likeness (QED) is 0.909. The largest absolute Gasteiger partial charge is 0.481 e. The molecule has 0 unspecified atom stereocenters. The van der Waals surface area contributed by atoms with Gasteiger partial charge >= 0.3 is 5.97 Å². The molecule has 1 aromatic rings. The lowest BCUT2D eigenvalue weighted by Crippen LogP contribution is -2.38. The van der Waals surface area contributed by atoms with Gasteiger partial charge in [0.1, 0.15) is 0 Å². The molecule has 1 aromatic carbocycles. The zero-order valence-corrected chi connectivity index (χ0v) is 12.3. The SMILES string of the molecule is C[C@]1(C(=O)O)CCN(C(=O)[C@H]2CCCc3ccccc32)C1. The van der Waals surface area contributed by atoms with Crippen molar-refractivity contribution < 1.29 is 14.7 Å². The van der Waals surface area contributed by atoms with Crippen LogP contribution in [-0.4, -0.2) is 35.0 Å². The highest BCUT2D eigenvalue weighted by atomic mass is 16.4. The first-order chi connectivity index (χ1) is 10.0. The van der Waals surface area contributed by atoms with Crippen LogP contribution in [0.15, 0.2) is 24.3 Å². The van der Waals surface area contributed by atoms with E-state index in [0.717, 1.165) is 24.8 Å². The van der Waals surface area contributed by atoms with Crippen molar-refractivity contribution in [1.82, 2.24) is 4.90 Å². The van der Waals surface area contributed by atoms with Crippen molar-refractivity contribution in [3.63, 3.8) is 0 Å². The van der Waals surface area contributed by atoms with Crippen molar-refractivity contribution in [3.05, 3.63) is 35.4 Å². The predicted octanol–water partition coefficient (Wildman–Crippen LogP) is 2.43. The third-order valence-corrected chi connectivity index (χ3v) is 4.97. The lowest BCUT2D eigenvalue weighted by Gasteiger charge is -2.29. The minimum absolute atomic E-state index is 0.0916. The summed E-state index contributed by atoms with van der Waals surface area (Å²) in [5.41, 5.74) is 1.61. The van der Waals surface area contributed by atoms with Crippen LogP contribution in [0.2, 0.25) is 0 Å². The molecule has 4 heteroatoms. The van der Waals surface area contributed by atoms with Gasteiger partial charge in [0.2, 0.25) is 5.91 Å². The van der Waals surface area contributed by atoms with Gasteiger partial charge in [0.15, 0.2) is 0 Å². The molecule has 0 aromatic heterocycles. The lowest BCUT2D eigenvalue weighted by molar-refractivity contribution is -0.147. The lowest BCUT2D eigenvalue weighted by atomic mass is 9.82. The van der Waals surface area contributed by atoms with Gasteiger partial charge in [0.05, 0.1) is 11.3 Å². The highest BCUT2D eigenvalue weighted by Gasteiger charge is 2.43. The van der Waals surface area contributed by atoms with Crippen LogP contribution in [0.4, 0.5) is 0 Å². The molecule has 0 saturated carbocycles. The van der Waals surface area contributed by atoms with Crippen molar-refractivity contribution >= 4 is 11.9 Å². The Balaban J connectivity index is 1.80. The molecule has 1 saturated heterocycles. The molecule has 0 spiro atoms. The molecular weight excluding hydrogens is 266 g/mol. The Morgan fingerprint density at radius 2 is 2.10 bits per heavy atom. The van der Waals surface area contributed by atoms with Crippen LogP contribution in [0.5, 0.6) is 0 Å². The van der Waals surface area contributed by atoms with Gasteiger partial charge < -0.3 is 10.0 Å². The first kappa shape index (κ1) is 14.1. The zero-order valence-electron chi connectivity index (χ0n) is 12.3. The number of carbonyl (C=O) groups excluding carboxylic acids is 1. The summed E-state index contributed by atoms with van der Waals surface area (Å²) in [5, 5.41) is 9.30. The normalized spacial score (nSPS) is 28.2. The number of carbonyl (C=O) groups is 2. The number of aryl methyl sites for hydroxylation is 1. The number of nitrogens with zero attached hydrogens (tertiary/aromatic N) is 1. The number of hydrogen-bond acceptors (Lipinski definition) is 2. The van der Waals surface area contributed by atoms with Gasteiger partial charge in [-0.2, -0.15) is 0 Å². The van der Waals surface area contributed by atoms with E-state index in [2.05, 4.69) is 6.07 Å². The van der Waals surface area contributed by atoms with Crippen LogP contribution in [0.3, 0.4) is 0 Å². The fourth-order valence-electron chi connectivity index (χ4n) is 3.55. The second-order valence-electron chi connectivity index (χ2n) is 6.52. The molecule has 4 nitrogen and oxygen atoms in total. The maximum absolute atomic E-state index is 12.8. The van der Waals surface area contributed by atoms with E-state index in [1.807, 2.05) is 18.2 Å². The molecule has 3 rings (SSSR count). The maximum atomic E-state index is 12.8. The first-order valence-electron chi connectivity index (χ1n) is 7.61. The molecule has 21 heavy (non-hydrogen) atoms. The third-order valence-electron chi connectivity index (χ3n) is 4.97. The van der Waals surface area contributed by atoms with Crippen LogP contribution in [0, 0.1) is 5.41 Å². The van der Waals surface area contributed by atoms with E-state index in [4.69, 9.17) is 0 Å². The summed E-state index contributed by atoms with van der Waals surface area (Å²) in [6.07, 6.45) is 3.48. The number of amides is 1. The summed E-state index contributed by atoms with van der Waals surface area (Å²) >= 11 is 0. The second kappa shape index (κ2) is 5.17. The molecule has 1 aliphatic carbocycles. The minimum Gasteiger partial charge on any atom is -0.481 e. The molecular formula is C17H21NO3. The van der Waals surface area contributed by atoms with Crippen LogP contribution in [-0.2, 0) is 16.0 Å². The first-order valence-corrected chi connectivity index (χ1v) is 7.61. The van der Waals surface area contributed by atoms with E-state index < -0.39 is 11.4 Å². The monoisotopic (exact) mass is 287 g/mol. The third kappa shape index (κ3) is 2.43. The second-order valence-corrected chi connectivity index (χ2v) is 6.52. The van der Waals surface area contributed by atoms with E-state index in [1.54, 1.807) is 11.8 Å². The summed E-state index contributed by atoms with van der Waals surface area (Å²) in [6.45, 7) is 2.62. The number of hydrogen-bond donors (Lipinski definition) is 1. The number of carboxylic acid groups (broad SMARTS) is 1. The summed E-state index contributed by atoms with van der Waals surface area (Å²) < 4.78 is 0. The average molecular weight is 287 g/mol. The van der Waals surface area contributed by atoms with Gasteiger partial charge in [-0.15, -0.1) is 0 Å². The number of benzene rings is 1. The maximum Gasteiger partial charge on any atom is 0.311 e. The van der Waals surface area contributed by atoms with Crippen LogP contribution in [0.1, 0.15) is 43.2 Å². The van der Waals surface area contributed by atoms with Crippen molar-refractivity contribution in [2.24, 2.45) is 5.41 Å². The van der Waals surface area contributed by atoms with E-state index in [1.165, 1.54) is 5.56 Å². The Morgan fingerprint density at radius 3 is 2.81 bits per heavy atom. The average Bonchev–Trinajstić information content (AvgIpc) is 2.90. The standard InChI is InChI=1S/C17H21NO3/c1-17(16(20)21)9-10-18(11-17)15(19)14-8-4-6-12-5-2-3-7-13(12)14/h2-3,5,7,14H,4,6,8-11H2,1H3,(H,20,21)/t14-,17-/m0/s1. The van der Waals surface area contributed by atoms with Crippen LogP contribution >= 0.6 is 0 Å². The van der Waals surface area contributed by atoms with Gasteiger partial charge in [-0.1, -0.05) is 24.3 Å². The molecule has 0 radical (unpaired) electrons. The molecule has 2 atom stereocenters. The molecule has 1 heterocycles. The number of fused-ring (bicyclic) bond motifs is 1. The Labute approximate surface area is 124 Å². The van der Waals surface area contributed by atoms with Gasteiger partial charge in [-0.3, -0.25) is 9.59 Å². The summed E-state index contributed by atoms with van der Waals surface area (Å²) in [7, 11) is 0. The van der Waals surface area contributed by atoms with Crippen LogP contribution < -0.4 is 0 Å². The molecule has 1 aliphatic heterocycles. The predicted molar refractivity (Wildman–Crippen MR) is 79.1 cm³/mol. The van der Waals surface area contributed by atoms with Crippen molar-refractivity contribution in [2.75, 3.05) is 13.1 Å². The Bertz CT molecular complexity index is 583. The Morgan fingerprint density at radius 1 is 1.33 bits per heavy atom. The number of likely N-dealkylation sites (tertiary alicyclic amines) is 1. The molecule has 1 amide bonds. The number of carboxylic acids is 1. The fourth-order valence-corrected chi connectivity index (χ4v) is 3.55. The van der Waals surface area contributed by atoms with E-state index in [-0.39, 0.29) is 11.8 Å². The molecule has 1 fully saturated rings. The van der Waals surface area contributed by atoms with Gasteiger partial charge in [0, 0.05) is 13.1 Å². The number of aliphatic carboxylic acids is 1. The van der Waals surface area contributed by atoms with Crippen LogP contribution in [0.25, 0.3) is 0 Å². The summed E-state index contributed by atoms with van der Waals surface area (Å²) in [4.78, 5) is 25.9. The Kier molecular flexibility index (Phi) is 3.47. The topological polar surface area (TPSA) is 57.6 Å². The van der Waals surface area contributed by atoms with E-state index >= 15 is 0 Å². The van der Waals surface area contributed by atoms with E-state index in [9.17, 15) is 14.7 Å². The van der Waals surface area contributed by atoms with Gasteiger partial charge in [-0.25, -0.2) is 0 Å². The molecule has 112 valence electrons. The molecule has 2 aliphatic rings. The van der Waals surface area contributed by atoms with Crippen molar-refractivity contribution in [2.45, 2.75) is 38.5 Å². The smallest absolute Gasteiger partial charge is 0.311 e. The Hall–Kier alpha value is -1.84. The highest BCUT2D eigenvalue weighted by Crippen LogP contribution is 2.36. The molecule has 1 N–H and O–H groups in total. The number of rotatable bonds is 2. The zero-order chi connectivity index (χ0) is 15.0. The minimum atomic E-state index is -0.804. The molecule has 0 bridgehead atoms. The van der Waals surface area contributed by atoms with Gasteiger partial charge in [0.25, 0.3) is 0 Å². The van der Waals surface area contributed by atoms with E-state index in [0.29, 0.717) is 19.5 Å². The van der Waals surface area contributed by atoms with Crippen molar-refractivity contribution in [3.8, 4) is 0 Å². The fraction of sp³-hybridized carbons (Fsp3) is 0.529. The highest BCUT2D eigenvalue weighted by molar-refractivity contribution is 5.86. The van der Waals surface area contributed by atoms with Crippen molar-refractivity contribution in [1.29, 1.82) is 0 Å². The summed E-state index contributed by atoms with van der Waals surface area (Å²) in [5.74, 6) is -0.792. The summed E-state index contributed by atoms with van der Waals surface area (Å²) in [6, 6.07) is 8.14. The van der Waals surface area contributed by atoms with Gasteiger partial charge in [-0.05, 0) is 43.7 Å².